The zero-order valence-corrected chi connectivity index (χ0v) is 13.4. The number of hydrogen-bond acceptors (Lipinski definition) is 5. The molecule has 0 unspecified atom stereocenters. The third-order valence-corrected chi connectivity index (χ3v) is 5.28. The van der Waals surface area contributed by atoms with Gasteiger partial charge in [-0.25, -0.2) is 4.79 Å². The van der Waals surface area contributed by atoms with Crippen LogP contribution in [0.5, 0.6) is 0 Å². The van der Waals surface area contributed by atoms with E-state index in [1.165, 1.54) is 43.6 Å². The van der Waals surface area contributed by atoms with Crippen molar-refractivity contribution in [1.29, 1.82) is 0 Å². The minimum absolute atomic E-state index is 0.266. The Morgan fingerprint density at radius 3 is 2.70 bits per heavy atom. The smallest absolute Gasteiger partial charge is 0.343 e. The van der Waals surface area contributed by atoms with Gasteiger partial charge in [0.2, 0.25) is 0 Å². The van der Waals surface area contributed by atoms with Crippen molar-refractivity contribution in [2.24, 2.45) is 5.41 Å². The predicted octanol–water partition coefficient (Wildman–Crippen LogP) is 4.01. The Bertz CT molecular complexity index is 464. The van der Waals surface area contributed by atoms with E-state index in [4.69, 9.17) is 4.74 Å². The van der Waals surface area contributed by atoms with Crippen LogP contribution >= 0.6 is 11.5 Å². The third kappa shape index (κ3) is 3.14. The zero-order valence-electron chi connectivity index (χ0n) is 12.6. The van der Waals surface area contributed by atoms with E-state index in [0.717, 1.165) is 17.2 Å². The molecule has 1 aromatic rings. The molecule has 5 heteroatoms. The summed E-state index contributed by atoms with van der Waals surface area (Å²) in [6.07, 6.45) is 6.39. The summed E-state index contributed by atoms with van der Waals surface area (Å²) in [6.45, 7) is 7.27. The van der Waals surface area contributed by atoms with E-state index in [1.54, 1.807) is 0 Å². The van der Waals surface area contributed by atoms with Crippen molar-refractivity contribution in [3.05, 3.63) is 11.3 Å². The fraction of sp³-hybridized carbons (Fsp3) is 0.733. The molecule has 112 valence electrons. The summed E-state index contributed by atoms with van der Waals surface area (Å²) in [5.41, 5.74) is 1.76. The van der Waals surface area contributed by atoms with Crippen LogP contribution < -0.4 is 5.32 Å². The fourth-order valence-electron chi connectivity index (χ4n) is 2.98. The molecule has 1 saturated carbocycles. The number of esters is 1. The van der Waals surface area contributed by atoms with E-state index in [1.807, 2.05) is 13.8 Å². The summed E-state index contributed by atoms with van der Waals surface area (Å²) in [5, 5.41) is 4.32. The van der Waals surface area contributed by atoms with Crippen LogP contribution in [-0.4, -0.2) is 23.5 Å². The number of ether oxygens (including phenoxy) is 1. The number of anilines is 1. The molecule has 0 aliphatic heterocycles. The molecule has 1 aliphatic carbocycles. The van der Waals surface area contributed by atoms with Crippen LogP contribution in [0.1, 0.15) is 62.0 Å². The fourth-order valence-corrected chi connectivity index (χ4v) is 3.76. The highest BCUT2D eigenvalue weighted by Gasteiger charge is 2.32. The monoisotopic (exact) mass is 296 g/mol. The van der Waals surface area contributed by atoms with E-state index in [0.29, 0.717) is 17.6 Å². The summed E-state index contributed by atoms with van der Waals surface area (Å²) in [7, 11) is 0. The van der Waals surface area contributed by atoms with Crippen molar-refractivity contribution in [2.75, 3.05) is 18.5 Å². The number of nitrogens with zero attached hydrogens (tertiary/aromatic N) is 1. The average Bonchev–Trinajstić information content (AvgIpc) is 3.04. The van der Waals surface area contributed by atoms with Crippen molar-refractivity contribution in [2.45, 2.75) is 52.9 Å². The molecule has 20 heavy (non-hydrogen) atoms. The molecule has 0 radical (unpaired) electrons. The number of carbonyl (C=O) groups is 1. The second kappa shape index (κ2) is 6.57. The first-order chi connectivity index (χ1) is 9.62. The SMILES string of the molecule is CCOC(=O)c1c(C)nsc1NCC1(CC)CCCC1. The molecule has 0 aromatic carbocycles. The lowest BCUT2D eigenvalue weighted by Gasteiger charge is -2.27. The van der Waals surface area contributed by atoms with Gasteiger partial charge in [0.15, 0.2) is 0 Å². The molecule has 1 aliphatic rings. The lowest BCUT2D eigenvalue weighted by atomic mass is 9.83. The lowest BCUT2D eigenvalue weighted by Crippen LogP contribution is -2.26. The average molecular weight is 296 g/mol. The van der Waals surface area contributed by atoms with Crippen molar-refractivity contribution in [3.63, 3.8) is 0 Å². The minimum Gasteiger partial charge on any atom is -0.462 e. The molecular weight excluding hydrogens is 272 g/mol. The molecule has 0 saturated heterocycles. The highest BCUT2D eigenvalue weighted by atomic mass is 32.1. The molecule has 0 spiro atoms. The van der Waals surface area contributed by atoms with Gasteiger partial charge < -0.3 is 10.1 Å². The van der Waals surface area contributed by atoms with E-state index >= 15 is 0 Å². The van der Waals surface area contributed by atoms with E-state index in [-0.39, 0.29) is 5.97 Å². The maximum absolute atomic E-state index is 12.0. The standard InChI is InChI=1S/C15H24N2O2S/c1-4-15(8-6-7-9-15)10-16-13-12(11(3)17-20-13)14(18)19-5-2/h16H,4-10H2,1-3H3. The van der Waals surface area contributed by atoms with Crippen LogP contribution in [0.25, 0.3) is 0 Å². The van der Waals surface area contributed by atoms with Gasteiger partial charge >= 0.3 is 5.97 Å². The number of hydrogen-bond donors (Lipinski definition) is 1. The normalized spacial score (nSPS) is 17.1. The first-order valence-corrected chi connectivity index (χ1v) is 8.26. The first-order valence-electron chi connectivity index (χ1n) is 7.49. The van der Waals surface area contributed by atoms with Gasteiger partial charge in [-0.2, -0.15) is 4.37 Å². The van der Waals surface area contributed by atoms with Gasteiger partial charge in [-0.05, 0) is 50.1 Å². The van der Waals surface area contributed by atoms with Gasteiger partial charge in [0.1, 0.15) is 10.6 Å². The number of aromatic nitrogens is 1. The van der Waals surface area contributed by atoms with Gasteiger partial charge in [-0.3, -0.25) is 0 Å². The second-order valence-electron chi connectivity index (χ2n) is 5.61. The third-order valence-electron chi connectivity index (χ3n) is 4.38. The Morgan fingerprint density at radius 2 is 2.10 bits per heavy atom. The minimum atomic E-state index is -0.266. The summed E-state index contributed by atoms with van der Waals surface area (Å²) < 4.78 is 9.41. The number of nitrogens with one attached hydrogen (secondary N) is 1. The maximum Gasteiger partial charge on any atom is 0.343 e. The predicted molar refractivity (Wildman–Crippen MR) is 82.5 cm³/mol. The Hall–Kier alpha value is -1.10. The molecule has 0 bridgehead atoms. The number of aryl methyl sites for hydroxylation is 1. The van der Waals surface area contributed by atoms with Crippen LogP contribution in [0, 0.1) is 12.3 Å². The molecule has 1 aromatic heterocycles. The van der Waals surface area contributed by atoms with Crippen molar-refractivity contribution in [1.82, 2.24) is 4.37 Å². The van der Waals surface area contributed by atoms with Crippen LogP contribution in [-0.2, 0) is 4.74 Å². The van der Waals surface area contributed by atoms with Crippen LogP contribution in [0.2, 0.25) is 0 Å². The number of rotatable bonds is 6. The van der Waals surface area contributed by atoms with Gasteiger partial charge in [-0.15, -0.1) is 0 Å². The molecule has 2 rings (SSSR count). The molecule has 1 fully saturated rings. The highest BCUT2D eigenvalue weighted by Crippen LogP contribution is 2.41. The van der Waals surface area contributed by atoms with E-state index < -0.39 is 0 Å². The topological polar surface area (TPSA) is 51.2 Å². The Kier molecular flexibility index (Phi) is 5.02. The molecule has 1 heterocycles. The van der Waals surface area contributed by atoms with Gasteiger partial charge in [0.05, 0.1) is 12.3 Å². The van der Waals surface area contributed by atoms with Crippen LogP contribution in [0.3, 0.4) is 0 Å². The number of carbonyl (C=O) groups excluding carboxylic acids is 1. The van der Waals surface area contributed by atoms with Crippen molar-refractivity contribution >= 4 is 22.5 Å². The summed E-state index contributed by atoms with van der Waals surface area (Å²) in [5.74, 6) is -0.266. The Balaban J connectivity index is 2.08. The van der Waals surface area contributed by atoms with Crippen molar-refractivity contribution in [3.8, 4) is 0 Å². The second-order valence-corrected chi connectivity index (χ2v) is 6.38. The molecule has 1 N–H and O–H groups in total. The maximum atomic E-state index is 12.0. The van der Waals surface area contributed by atoms with E-state index in [2.05, 4.69) is 16.6 Å². The van der Waals surface area contributed by atoms with Crippen LogP contribution in [0.4, 0.5) is 5.00 Å². The molecule has 4 nitrogen and oxygen atoms in total. The Labute approximate surface area is 125 Å². The van der Waals surface area contributed by atoms with Crippen LogP contribution in [0.15, 0.2) is 0 Å². The quantitative estimate of drug-likeness (QED) is 0.806. The largest absolute Gasteiger partial charge is 0.462 e. The lowest BCUT2D eigenvalue weighted by molar-refractivity contribution is 0.0527. The zero-order chi connectivity index (χ0) is 14.6. The summed E-state index contributed by atoms with van der Waals surface area (Å²) in [6, 6.07) is 0. The van der Waals surface area contributed by atoms with Gasteiger partial charge in [-0.1, -0.05) is 19.8 Å². The van der Waals surface area contributed by atoms with Crippen molar-refractivity contribution < 1.29 is 9.53 Å². The van der Waals surface area contributed by atoms with Gasteiger partial charge in [0.25, 0.3) is 0 Å². The summed E-state index contributed by atoms with van der Waals surface area (Å²) >= 11 is 1.36. The van der Waals surface area contributed by atoms with Gasteiger partial charge in [0, 0.05) is 6.54 Å². The summed E-state index contributed by atoms with van der Waals surface area (Å²) in [4.78, 5) is 12.0. The highest BCUT2D eigenvalue weighted by molar-refractivity contribution is 7.10. The Morgan fingerprint density at radius 1 is 1.40 bits per heavy atom. The molecule has 0 amide bonds. The van der Waals surface area contributed by atoms with E-state index in [9.17, 15) is 4.79 Å². The molecular formula is C15H24N2O2S. The first kappa shape index (κ1) is 15.3. The molecule has 0 atom stereocenters.